The number of nitro groups is 1. The average Bonchev–Trinajstić information content (AvgIpc) is 2.94. The van der Waals surface area contributed by atoms with Crippen molar-refractivity contribution < 1.29 is 10.0 Å². The molecule has 0 bridgehead atoms. The zero-order chi connectivity index (χ0) is 15.4. The SMILES string of the molecule is CC(C)c1nc([C@@H](CO)Nc2ncccc2[N+](=O)[O-])cs1. The predicted molar refractivity (Wildman–Crippen MR) is 80.5 cm³/mol. The zero-order valence-electron chi connectivity index (χ0n) is 11.7. The summed E-state index contributed by atoms with van der Waals surface area (Å²) in [5.41, 5.74) is 0.529. The highest BCUT2D eigenvalue weighted by Gasteiger charge is 2.21. The van der Waals surface area contributed by atoms with Crippen molar-refractivity contribution in [3.05, 3.63) is 44.5 Å². The van der Waals surface area contributed by atoms with Crippen molar-refractivity contribution in [3.8, 4) is 0 Å². The number of aromatic nitrogens is 2. The van der Waals surface area contributed by atoms with Gasteiger partial charge in [0.15, 0.2) is 0 Å². The molecular weight excluding hydrogens is 292 g/mol. The minimum absolute atomic E-state index is 0.126. The van der Waals surface area contributed by atoms with Crippen LogP contribution in [0.15, 0.2) is 23.7 Å². The van der Waals surface area contributed by atoms with Gasteiger partial charge in [-0.25, -0.2) is 9.97 Å². The standard InChI is InChI=1S/C13H16N4O3S/c1-8(2)13-16-10(7-21-13)9(6-18)15-12-11(17(19)20)4-3-5-14-12/h3-5,7-9,18H,6H2,1-2H3,(H,14,15)/t9-/m1/s1. The van der Waals surface area contributed by atoms with Gasteiger partial charge in [0.1, 0.15) is 0 Å². The van der Waals surface area contributed by atoms with Gasteiger partial charge in [0, 0.05) is 23.6 Å². The number of rotatable bonds is 6. The van der Waals surface area contributed by atoms with Gasteiger partial charge in [-0.1, -0.05) is 13.8 Å². The second-order valence-electron chi connectivity index (χ2n) is 4.77. The zero-order valence-corrected chi connectivity index (χ0v) is 12.5. The van der Waals surface area contributed by atoms with E-state index in [0.717, 1.165) is 5.01 Å². The van der Waals surface area contributed by atoms with Crippen LogP contribution in [0.5, 0.6) is 0 Å². The van der Waals surface area contributed by atoms with E-state index >= 15 is 0 Å². The summed E-state index contributed by atoms with van der Waals surface area (Å²) in [5.74, 6) is 0.424. The fraction of sp³-hybridized carbons (Fsp3) is 0.385. The van der Waals surface area contributed by atoms with Gasteiger partial charge in [-0.05, 0) is 6.07 Å². The van der Waals surface area contributed by atoms with Gasteiger partial charge >= 0.3 is 5.69 Å². The van der Waals surface area contributed by atoms with Crippen molar-refractivity contribution in [2.24, 2.45) is 0 Å². The molecule has 0 aliphatic heterocycles. The lowest BCUT2D eigenvalue weighted by atomic mass is 10.2. The van der Waals surface area contributed by atoms with Crippen LogP contribution in [0, 0.1) is 10.1 Å². The molecule has 0 fully saturated rings. The molecule has 0 aliphatic carbocycles. The maximum atomic E-state index is 11.0. The summed E-state index contributed by atoms with van der Waals surface area (Å²) < 4.78 is 0. The Hall–Kier alpha value is -2.06. The first-order valence-electron chi connectivity index (χ1n) is 6.45. The lowest BCUT2D eigenvalue weighted by molar-refractivity contribution is -0.384. The number of pyridine rings is 1. The molecule has 7 nitrogen and oxygen atoms in total. The van der Waals surface area contributed by atoms with Gasteiger partial charge in [0.2, 0.25) is 5.82 Å². The smallest absolute Gasteiger partial charge is 0.311 e. The molecule has 2 heterocycles. The van der Waals surface area contributed by atoms with E-state index in [4.69, 9.17) is 0 Å². The van der Waals surface area contributed by atoms with Gasteiger partial charge in [0.05, 0.1) is 28.3 Å². The van der Waals surface area contributed by atoms with E-state index in [-0.39, 0.29) is 18.1 Å². The summed E-state index contributed by atoms with van der Waals surface area (Å²) >= 11 is 1.51. The molecule has 112 valence electrons. The lowest BCUT2D eigenvalue weighted by Crippen LogP contribution is -2.17. The maximum Gasteiger partial charge on any atom is 0.311 e. The van der Waals surface area contributed by atoms with Crippen molar-refractivity contribution in [3.63, 3.8) is 0 Å². The molecule has 0 aliphatic rings. The van der Waals surface area contributed by atoms with Gasteiger partial charge < -0.3 is 10.4 Å². The van der Waals surface area contributed by atoms with Crippen molar-refractivity contribution in [2.45, 2.75) is 25.8 Å². The maximum absolute atomic E-state index is 11.0. The molecule has 0 radical (unpaired) electrons. The number of anilines is 1. The Kier molecular flexibility index (Phi) is 4.81. The summed E-state index contributed by atoms with van der Waals surface area (Å²) in [7, 11) is 0. The van der Waals surface area contributed by atoms with Crippen LogP contribution in [0.1, 0.15) is 36.5 Å². The number of hydrogen-bond acceptors (Lipinski definition) is 7. The van der Waals surface area contributed by atoms with Crippen LogP contribution in [0.3, 0.4) is 0 Å². The Balaban J connectivity index is 2.25. The van der Waals surface area contributed by atoms with Crippen LogP contribution in [0.4, 0.5) is 11.5 Å². The topological polar surface area (TPSA) is 101 Å². The number of aliphatic hydroxyl groups is 1. The number of thiazole rings is 1. The molecule has 0 saturated heterocycles. The molecule has 2 rings (SSSR count). The Morgan fingerprint density at radius 2 is 2.29 bits per heavy atom. The Morgan fingerprint density at radius 1 is 1.52 bits per heavy atom. The molecule has 8 heteroatoms. The van der Waals surface area contributed by atoms with E-state index in [9.17, 15) is 15.2 Å². The third-order valence-electron chi connectivity index (χ3n) is 2.87. The summed E-state index contributed by atoms with van der Waals surface area (Å²) in [6, 6.07) is 2.34. The van der Waals surface area contributed by atoms with E-state index in [1.165, 1.54) is 29.7 Å². The first kappa shape index (κ1) is 15.3. The van der Waals surface area contributed by atoms with Crippen LogP contribution >= 0.6 is 11.3 Å². The Bertz CT molecular complexity index is 629. The largest absolute Gasteiger partial charge is 0.394 e. The first-order valence-corrected chi connectivity index (χ1v) is 7.33. The fourth-order valence-electron chi connectivity index (χ4n) is 1.76. The van der Waals surface area contributed by atoms with Gasteiger partial charge in [-0.2, -0.15) is 0 Å². The monoisotopic (exact) mass is 308 g/mol. The summed E-state index contributed by atoms with van der Waals surface area (Å²) in [6.45, 7) is 3.84. The van der Waals surface area contributed by atoms with Crippen molar-refractivity contribution >= 4 is 22.8 Å². The summed E-state index contributed by atoms with van der Waals surface area (Å²) in [6.07, 6.45) is 1.46. The highest BCUT2D eigenvalue weighted by molar-refractivity contribution is 7.09. The molecule has 1 atom stereocenters. The molecule has 0 amide bonds. The van der Waals surface area contributed by atoms with E-state index < -0.39 is 11.0 Å². The Morgan fingerprint density at radius 3 is 2.86 bits per heavy atom. The molecule has 21 heavy (non-hydrogen) atoms. The molecule has 2 aromatic heterocycles. The highest BCUT2D eigenvalue weighted by atomic mass is 32.1. The molecule has 0 spiro atoms. The minimum Gasteiger partial charge on any atom is -0.394 e. The number of nitrogens with zero attached hydrogens (tertiary/aromatic N) is 3. The van der Waals surface area contributed by atoms with Crippen LogP contribution in [0.25, 0.3) is 0 Å². The van der Waals surface area contributed by atoms with Crippen LogP contribution in [-0.2, 0) is 0 Å². The fourth-order valence-corrected chi connectivity index (χ4v) is 2.65. The molecule has 2 N–H and O–H groups in total. The number of aliphatic hydroxyl groups excluding tert-OH is 1. The minimum atomic E-state index is -0.526. The molecule has 0 saturated carbocycles. The molecular formula is C13H16N4O3S. The van der Waals surface area contributed by atoms with Crippen LogP contribution in [0.2, 0.25) is 0 Å². The predicted octanol–water partition coefficient (Wildman–Crippen LogP) is 2.72. The van der Waals surface area contributed by atoms with Crippen LogP contribution < -0.4 is 5.32 Å². The normalized spacial score (nSPS) is 12.4. The second kappa shape index (κ2) is 6.59. The highest BCUT2D eigenvalue weighted by Crippen LogP contribution is 2.27. The van der Waals surface area contributed by atoms with Gasteiger partial charge in [0.25, 0.3) is 0 Å². The number of hydrogen-bond donors (Lipinski definition) is 2. The Labute approximate surface area is 125 Å². The van der Waals surface area contributed by atoms with Crippen molar-refractivity contribution in [2.75, 3.05) is 11.9 Å². The van der Waals surface area contributed by atoms with Crippen molar-refractivity contribution in [1.82, 2.24) is 9.97 Å². The van der Waals surface area contributed by atoms with E-state index in [0.29, 0.717) is 11.6 Å². The second-order valence-corrected chi connectivity index (χ2v) is 5.66. The van der Waals surface area contributed by atoms with E-state index in [1.54, 1.807) is 0 Å². The summed E-state index contributed by atoms with van der Waals surface area (Å²) in [4.78, 5) is 18.9. The lowest BCUT2D eigenvalue weighted by Gasteiger charge is -2.14. The van der Waals surface area contributed by atoms with Gasteiger partial charge in [-0.15, -0.1) is 11.3 Å². The van der Waals surface area contributed by atoms with E-state index in [1.807, 2.05) is 19.2 Å². The van der Waals surface area contributed by atoms with Crippen LogP contribution in [-0.4, -0.2) is 26.6 Å². The third-order valence-corrected chi connectivity index (χ3v) is 4.03. The molecule has 0 unspecified atom stereocenters. The molecule has 2 aromatic rings. The average molecular weight is 308 g/mol. The quantitative estimate of drug-likeness (QED) is 0.628. The van der Waals surface area contributed by atoms with Gasteiger partial charge in [-0.3, -0.25) is 10.1 Å². The third kappa shape index (κ3) is 3.53. The van der Waals surface area contributed by atoms with Crippen molar-refractivity contribution in [1.29, 1.82) is 0 Å². The summed E-state index contributed by atoms with van der Waals surface area (Å²) in [5, 5.41) is 26.2. The first-order chi connectivity index (χ1) is 10.0. The molecule has 0 aromatic carbocycles. The number of nitrogens with one attached hydrogen (secondary N) is 1. The van der Waals surface area contributed by atoms with E-state index in [2.05, 4.69) is 15.3 Å².